The van der Waals surface area contributed by atoms with E-state index in [4.69, 9.17) is 9.63 Å². The molecule has 1 atom stereocenters. The van der Waals surface area contributed by atoms with Crippen molar-refractivity contribution in [2.75, 3.05) is 0 Å². The molecule has 1 aromatic carbocycles. The van der Waals surface area contributed by atoms with Crippen LogP contribution < -0.4 is 0 Å². The number of aromatic nitrogens is 2. The van der Waals surface area contributed by atoms with E-state index in [1.807, 2.05) is 31.2 Å². The zero-order valence-electron chi connectivity index (χ0n) is 11.1. The smallest absolute Gasteiger partial charge is 0.383 e. The summed E-state index contributed by atoms with van der Waals surface area (Å²) >= 11 is 1.47. The van der Waals surface area contributed by atoms with Crippen molar-refractivity contribution in [3.63, 3.8) is 0 Å². The van der Waals surface area contributed by atoms with Gasteiger partial charge < -0.3 is 9.63 Å². The number of aliphatic hydroxyl groups excluding tert-OH is 1. The maximum Gasteiger partial charge on any atom is 0.414 e. The molecule has 1 heterocycles. The summed E-state index contributed by atoms with van der Waals surface area (Å²) in [6, 6.07) is 7.72. The van der Waals surface area contributed by atoms with Crippen LogP contribution in [-0.4, -0.2) is 27.5 Å². The Morgan fingerprint density at radius 2 is 2.05 bits per heavy atom. The van der Waals surface area contributed by atoms with Gasteiger partial charge in [0.25, 0.3) is 0 Å². The third-order valence-electron chi connectivity index (χ3n) is 2.71. The van der Waals surface area contributed by atoms with E-state index in [1.165, 1.54) is 11.8 Å². The van der Waals surface area contributed by atoms with Gasteiger partial charge in [-0.3, -0.25) is 0 Å². The molecule has 0 fully saturated rings. The molecular formula is C13H13F3N2O2S. The van der Waals surface area contributed by atoms with Crippen molar-refractivity contribution in [1.29, 1.82) is 0 Å². The number of aryl methyl sites for hydroxylation is 1. The van der Waals surface area contributed by atoms with Crippen molar-refractivity contribution in [2.24, 2.45) is 0 Å². The van der Waals surface area contributed by atoms with E-state index >= 15 is 0 Å². The molecule has 0 aliphatic carbocycles. The maximum atomic E-state index is 12.2. The number of rotatable bonds is 5. The number of hydrogen-bond donors (Lipinski definition) is 1. The highest BCUT2D eigenvalue weighted by molar-refractivity contribution is 7.98. The molecule has 0 aliphatic heterocycles. The number of thioether (sulfide) groups is 1. The Hall–Kier alpha value is -1.54. The van der Waals surface area contributed by atoms with Crippen LogP contribution in [0.5, 0.6) is 0 Å². The molecule has 0 aliphatic rings. The molecular weight excluding hydrogens is 305 g/mol. The lowest BCUT2D eigenvalue weighted by molar-refractivity contribution is -0.204. The predicted octanol–water partition coefficient (Wildman–Crippen LogP) is 3.14. The molecule has 0 saturated heterocycles. The van der Waals surface area contributed by atoms with Gasteiger partial charge >= 0.3 is 6.18 Å². The first-order valence-corrected chi connectivity index (χ1v) is 7.09. The standard InChI is InChI=1S/C13H13F3N2O2S/c1-8-4-2-3-5-9(8)21-7-11-17-12(20-18-11)6-10(19)13(14,15)16/h2-5,10,19H,6-7H2,1H3. The van der Waals surface area contributed by atoms with Gasteiger partial charge in [-0.25, -0.2) is 0 Å². The molecule has 0 saturated carbocycles. The Bertz CT molecular complexity index is 601. The van der Waals surface area contributed by atoms with Crippen LogP contribution in [0, 0.1) is 6.92 Å². The number of aliphatic hydroxyl groups is 1. The van der Waals surface area contributed by atoms with Gasteiger partial charge in [0.05, 0.1) is 12.2 Å². The van der Waals surface area contributed by atoms with Crippen LogP contribution in [0.2, 0.25) is 0 Å². The summed E-state index contributed by atoms with van der Waals surface area (Å²) in [6.45, 7) is 1.96. The maximum absolute atomic E-state index is 12.2. The van der Waals surface area contributed by atoms with Gasteiger partial charge in [-0.1, -0.05) is 23.4 Å². The fourth-order valence-electron chi connectivity index (χ4n) is 1.57. The molecule has 2 aromatic rings. The molecule has 1 aromatic heterocycles. The van der Waals surface area contributed by atoms with Crippen LogP contribution in [0.3, 0.4) is 0 Å². The topological polar surface area (TPSA) is 59.2 Å². The van der Waals surface area contributed by atoms with Gasteiger partial charge in [0.15, 0.2) is 11.9 Å². The van der Waals surface area contributed by atoms with E-state index in [-0.39, 0.29) is 5.89 Å². The Kier molecular flexibility index (Phi) is 4.89. The summed E-state index contributed by atoms with van der Waals surface area (Å²) in [4.78, 5) is 4.89. The number of nitrogens with zero attached hydrogens (tertiary/aromatic N) is 2. The molecule has 0 bridgehead atoms. The van der Waals surface area contributed by atoms with Crippen LogP contribution >= 0.6 is 11.8 Å². The van der Waals surface area contributed by atoms with Gasteiger partial charge in [-0.2, -0.15) is 18.2 Å². The highest BCUT2D eigenvalue weighted by Crippen LogP contribution is 2.25. The van der Waals surface area contributed by atoms with Crippen LogP contribution in [0.4, 0.5) is 13.2 Å². The molecule has 2 rings (SSSR count). The lowest BCUT2D eigenvalue weighted by atomic mass is 10.2. The van der Waals surface area contributed by atoms with Gasteiger partial charge in [0.1, 0.15) is 0 Å². The Morgan fingerprint density at radius 1 is 1.33 bits per heavy atom. The van der Waals surface area contributed by atoms with Crippen LogP contribution in [-0.2, 0) is 12.2 Å². The summed E-state index contributed by atoms with van der Waals surface area (Å²) in [6.07, 6.45) is -7.91. The first-order valence-electron chi connectivity index (χ1n) is 6.11. The normalized spacial score (nSPS) is 13.4. The van der Waals surface area contributed by atoms with Crippen molar-refractivity contribution in [3.05, 3.63) is 41.5 Å². The van der Waals surface area contributed by atoms with Gasteiger partial charge in [0, 0.05) is 4.90 Å². The molecule has 8 heteroatoms. The fourth-order valence-corrected chi connectivity index (χ4v) is 2.45. The molecule has 114 valence electrons. The highest BCUT2D eigenvalue weighted by Gasteiger charge is 2.39. The van der Waals surface area contributed by atoms with Crippen LogP contribution in [0.25, 0.3) is 0 Å². The zero-order valence-corrected chi connectivity index (χ0v) is 11.9. The second kappa shape index (κ2) is 6.48. The van der Waals surface area contributed by atoms with Crippen molar-refractivity contribution in [1.82, 2.24) is 10.1 Å². The molecule has 1 unspecified atom stereocenters. The quantitative estimate of drug-likeness (QED) is 0.858. The number of benzene rings is 1. The van der Waals surface area contributed by atoms with Gasteiger partial charge in [0.2, 0.25) is 5.89 Å². The van der Waals surface area contributed by atoms with Crippen molar-refractivity contribution >= 4 is 11.8 Å². The minimum Gasteiger partial charge on any atom is -0.383 e. The Labute approximate surface area is 123 Å². The molecule has 21 heavy (non-hydrogen) atoms. The Morgan fingerprint density at radius 3 is 2.71 bits per heavy atom. The second-order valence-corrected chi connectivity index (χ2v) is 5.44. The molecule has 1 N–H and O–H groups in total. The molecule has 0 amide bonds. The largest absolute Gasteiger partial charge is 0.414 e. The minimum atomic E-state index is -4.69. The Balaban J connectivity index is 1.93. The van der Waals surface area contributed by atoms with E-state index < -0.39 is 18.7 Å². The first-order chi connectivity index (χ1) is 9.86. The van der Waals surface area contributed by atoms with Crippen molar-refractivity contribution in [2.45, 2.75) is 36.3 Å². The fraction of sp³-hybridized carbons (Fsp3) is 0.385. The van der Waals surface area contributed by atoms with E-state index in [9.17, 15) is 13.2 Å². The number of hydrogen-bond acceptors (Lipinski definition) is 5. The summed E-state index contributed by atoms with van der Waals surface area (Å²) in [5.74, 6) is 0.462. The van der Waals surface area contributed by atoms with Crippen molar-refractivity contribution in [3.8, 4) is 0 Å². The van der Waals surface area contributed by atoms with E-state index in [0.29, 0.717) is 11.6 Å². The SMILES string of the molecule is Cc1ccccc1SCc1noc(CC(O)C(F)(F)F)n1. The van der Waals surface area contributed by atoms with E-state index in [1.54, 1.807) is 0 Å². The summed E-state index contributed by atoms with van der Waals surface area (Å²) in [5.41, 5.74) is 1.10. The average Bonchev–Trinajstić information content (AvgIpc) is 2.84. The van der Waals surface area contributed by atoms with E-state index in [2.05, 4.69) is 10.1 Å². The number of halogens is 3. The van der Waals surface area contributed by atoms with E-state index in [0.717, 1.165) is 10.5 Å². The summed E-state index contributed by atoms with van der Waals surface area (Å²) < 4.78 is 41.3. The van der Waals surface area contributed by atoms with Crippen LogP contribution in [0.15, 0.2) is 33.7 Å². The van der Waals surface area contributed by atoms with Crippen molar-refractivity contribution < 1.29 is 22.8 Å². The average molecular weight is 318 g/mol. The number of alkyl halides is 3. The lowest BCUT2D eigenvalue weighted by Gasteiger charge is -2.11. The van der Waals surface area contributed by atoms with Gasteiger partial charge in [-0.05, 0) is 18.6 Å². The van der Waals surface area contributed by atoms with Crippen LogP contribution in [0.1, 0.15) is 17.3 Å². The monoisotopic (exact) mass is 318 g/mol. The molecule has 0 radical (unpaired) electrons. The lowest BCUT2D eigenvalue weighted by Crippen LogP contribution is -2.30. The zero-order chi connectivity index (χ0) is 15.5. The predicted molar refractivity (Wildman–Crippen MR) is 70.8 cm³/mol. The summed E-state index contributed by atoms with van der Waals surface area (Å²) in [7, 11) is 0. The summed E-state index contributed by atoms with van der Waals surface area (Å²) in [5, 5.41) is 12.5. The second-order valence-electron chi connectivity index (χ2n) is 4.42. The minimum absolute atomic E-state index is 0.222. The third kappa shape index (κ3) is 4.47. The van der Waals surface area contributed by atoms with Gasteiger partial charge in [-0.15, -0.1) is 11.8 Å². The molecule has 0 spiro atoms. The molecule has 4 nitrogen and oxygen atoms in total. The highest BCUT2D eigenvalue weighted by atomic mass is 32.2. The first kappa shape index (κ1) is 15.8. The third-order valence-corrected chi connectivity index (χ3v) is 3.88.